The number of anilines is 2. The van der Waals surface area contributed by atoms with Crippen molar-refractivity contribution in [2.45, 2.75) is 18.9 Å². The summed E-state index contributed by atoms with van der Waals surface area (Å²) in [6, 6.07) is 4.19. The van der Waals surface area contributed by atoms with Gasteiger partial charge in [0.2, 0.25) is 0 Å². The number of benzene rings is 1. The summed E-state index contributed by atoms with van der Waals surface area (Å²) >= 11 is 9.42. The number of rotatable bonds is 4. The molecule has 0 radical (unpaired) electrons. The Bertz CT molecular complexity index is 634. The highest BCUT2D eigenvalue weighted by atomic mass is 79.9. The van der Waals surface area contributed by atoms with E-state index in [1.54, 1.807) is 12.3 Å². The fraction of sp³-hybridized carbons (Fsp3) is 0.231. The third kappa shape index (κ3) is 2.67. The van der Waals surface area contributed by atoms with Crippen LogP contribution in [-0.4, -0.2) is 16.0 Å². The standard InChI is InChI=1S/C13H12BrClN4/c14-11-4-13(8(5-16)3-12(11)15)18-9-6-17-19(7-9)10-1-2-10/h3-7,10,16,18H,1-2H2. The first-order valence-electron chi connectivity index (χ1n) is 5.98. The maximum absolute atomic E-state index is 7.44. The van der Waals surface area contributed by atoms with Crippen LogP contribution >= 0.6 is 27.5 Å². The topological polar surface area (TPSA) is 53.7 Å². The molecule has 2 N–H and O–H groups in total. The van der Waals surface area contributed by atoms with E-state index < -0.39 is 0 Å². The van der Waals surface area contributed by atoms with Gasteiger partial charge in [0.25, 0.3) is 0 Å². The molecule has 19 heavy (non-hydrogen) atoms. The van der Waals surface area contributed by atoms with Gasteiger partial charge in [0.05, 0.1) is 22.9 Å². The van der Waals surface area contributed by atoms with Crippen LogP contribution in [0.1, 0.15) is 24.4 Å². The number of nitrogens with zero attached hydrogens (tertiary/aromatic N) is 2. The minimum Gasteiger partial charge on any atom is -0.352 e. The van der Waals surface area contributed by atoms with Gasteiger partial charge in [0.15, 0.2) is 0 Å². The first-order chi connectivity index (χ1) is 9.17. The lowest BCUT2D eigenvalue weighted by Gasteiger charge is -2.09. The van der Waals surface area contributed by atoms with E-state index in [9.17, 15) is 0 Å². The number of aromatic nitrogens is 2. The number of nitrogens with one attached hydrogen (secondary N) is 2. The molecule has 1 aromatic carbocycles. The minimum absolute atomic E-state index is 0.565. The summed E-state index contributed by atoms with van der Waals surface area (Å²) in [5.41, 5.74) is 2.50. The molecule has 1 heterocycles. The monoisotopic (exact) mass is 338 g/mol. The second-order valence-electron chi connectivity index (χ2n) is 4.56. The van der Waals surface area contributed by atoms with Gasteiger partial charge in [-0.1, -0.05) is 11.6 Å². The van der Waals surface area contributed by atoms with E-state index in [0.29, 0.717) is 11.1 Å². The zero-order chi connectivity index (χ0) is 13.4. The molecule has 0 saturated heterocycles. The molecule has 0 bridgehead atoms. The summed E-state index contributed by atoms with van der Waals surface area (Å²) in [5.74, 6) is 0. The summed E-state index contributed by atoms with van der Waals surface area (Å²) in [6.45, 7) is 0. The van der Waals surface area contributed by atoms with Gasteiger partial charge in [0.1, 0.15) is 0 Å². The van der Waals surface area contributed by atoms with Crippen molar-refractivity contribution in [2.75, 3.05) is 5.32 Å². The van der Waals surface area contributed by atoms with Gasteiger partial charge in [-0.25, -0.2) is 0 Å². The third-order valence-corrected chi connectivity index (χ3v) is 4.25. The Morgan fingerprint density at radius 3 is 2.95 bits per heavy atom. The molecule has 1 saturated carbocycles. The fourth-order valence-corrected chi connectivity index (χ4v) is 2.40. The first kappa shape index (κ1) is 12.7. The van der Waals surface area contributed by atoms with Crippen molar-refractivity contribution in [1.82, 2.24) is 9.78 Å². The Morgan fingerprint density at radius 1 is 1.47 bits per heavy atom. The third-order valence-electron chi connectivity index (χ3n) is 3.05. The fourth-order valence-electron chi connectivity index (χ4n) is 1.89. The highest BCUT2D eigenvalue weighted by Crippen LogP contribution is 2.35. The number of hydrogen-bond acceptors (Lipinski definition) is 3. The Labute approximate surface area is 124 Å². The van der Waals surface area contributed by atoms with Gasteiger partial charge in [-0.3, -0.25) is 4.68 Å². The van der Waals surface area contributed by atoms with E-state index in [1.807, 2.05) is 16.9 Å². The van der Waals surface area contributed by atoms with E-state index in [4.69, 9.17) is 17.0 Å². The Hall–Kier alpha value is -1.33. The van der Waals surface area contributed by atoms with Crippen LogP contribution in [-0.2, 0) is 0 Å². The Kier molecular flexibility index (Phi) is 3.33. The van der Waals surface area contributed by atoms with E-state index in [1.165, 1.54) is 19.1 Å². The summed E-state index contributed by atoms with van der Waals surface area (Å²) < 4.78 is 2.79. The highest BCUT2D eigenvalue weighted by Gasteiger charge is 2.24. The highest BCUT2D eigenvalue weighted by molar-refractivity contribution is 9.10. The second kappa shape index (κ2) is 4.98. The zero-order valence-electron chi connectivity index (χ0n) is 10.0. The molecule has 2 aromatic rings. The molecule has 1 aliphatic carbocycles. The molecule has 0 atom stereocenters. The van der Waals surface area contributed by atoms with Crippen molar-refractivity contribution < 1.29 is 0 Å². The summed E-state index contributed by atoms with van der Waals surface area (Å²) in [7, 11) is 0. The van der Waals surface area contributed by atoms with E-state index in [-0.39, 0.29) is 0 Å². The van der Waals surface area contributed by atoms with E-state index in [0.717, 1.165) is 21.4 Å². The van der Waals surface area contributed by atoms with Crippen molar-refractivity contribution in [2.24, 2.45) is 0 Å². The smallest absolute Gasteiger partial charge is 0.0770 e. The van der Waals surface area contributed by atoms with Gasteiger partial charge in [-0.05, 0) is 40.9 Å². The van der Waals surface area contributed by atoms with Crippen molar-refractivity contribution in [1.29, 1.82) is 5.41 Å². The average molecular weight is 340 g/mol. The van der Waals surface area contributed by atoms with Crippen LogP contribution in [0.25, 0.3) is 0 Å². The van der Waals surface area contributed by atoms with Crippen molar-refractivity contribution in [3.05, 3.63) is 39.6 Å². The normalized spacial score (nSPS) is 14.4. The van der Waals surface area contributed by atoms with Gasteiger partial charge < -0.3 is 10.7 Å². The van der Waals surface area contributed by atoms with Crippen molar-refractivity contribution >= 4 is 45.1 Å². The van der Waals surface area contributed by atoms with Gasteiger partial charge in [-0.15, -0.1) is 0 Å². The minimum atomic E-state index is 0.565. The molecule has 1 aliphatic rings. The van der Waals surface area contributed by atoms with Crippen molar-refractivity contribution in [3.63, 3.8) is 0 Å². The largest absolute Gasteiger partial charge is 0.352 e. The molecule has 1 fully saturated rings. The lowest BCUT2D eigenvalue weighted by molar-refractivity contribution is 0.642. The molecular weight excluding hydrogens is 328 g/mol. The molecule has 98 valence electrons. The maximum atomic E-state index is 7.44. The predicted octanol–water partition coefficient (Wildman–Crippen LogP) is 4.38. The lowest BCUT2D eigenvalue weighted by atomic mass is 10.2. The molecular formula is C13H12BrClN4. The van der Waals surface area contributed by atoms with Crippen LogP contribution in [0.3, 0.4) is 0 Å². The van der Waals surface area contributed by atoms with Crippen LogP contribution in [0.4, 0.5) is 11.4 Å². The van der Waals surface area contributed by atoms with Gasteiger partial charge in [-0.2, -0.15) is 5.10 Å². The summed E-state index contributed by atoms with van der Waals surface area (Å²) in [4.78, 5) is 0. The molecule has 0 unspecified atom stereocenters. The molecule has 3 rings (SSSR count). The van der Waals surface area contributed by atoms with Crippen LogP contribution < -0.4 is 5.32 Å². The quantitative estimate of drug-likeness (QED) is 0.812. The molecule has 0 spiro atoms. The van der Waals surface area contributed by atoms with E-state index >= 15 is 0 Å². The molecule has 0 aliphatic heterocycles. The second-order valence-corrected chi connectivity index (χ2v) is 5.82. The summed E-state index contributed by atoms with van der Waals surface area (Å²) in [5, 5.41) is 15.6. The van der Waals surface area contributed by atoms with Gasteiger partial charge in [0, 0.05) is 28.1 Å². The lowest BCUT2D eigenvalue weighted by Crippen LogP contribution is -1.95. The van der Waals surface area contributed by atoms with Crippen molar-refractivity contribution in [3.8, 4) is 0 Å². The van der Waals surface area contributed by atoms with Gasteiger partial charge >= 0.3 is 0 Å². The number of halogens is 2. The van der Waals surface area contributed by atoms with Crippen LogP contribution in [0, 0.1) is 5.41 Å². The Balaban J connectivity index is 1.88. The van der Waals surface area contributed by atoms with E-state index in [2.05, 4.69) is 26.3 Å². The SMILES string of the molecule is N=Cc1cc(Cl)c(Br)cc1Nc1cnn(C2CC2)c1. The first-order valence-corrected chi connectivity index (χ1v) is 7.15. The molecule has 6 heteroatoms. The zero-order valence-corrected chi connectivity index (χ0v) is 12.4. The number of hydrogen-bond donors (Lipinski definition) is 2. The molecule has 4 nitrogen and oxygen atoms in total. The van der Waals surface area contributed by atoms with Crippen LogP contribution in [0.15, 0.2) is 29.0 Å². The maximum Gasteiger partial charge on any atom is 0.0770 e. The molecule has 1 aromatic heterocycles. The Morgan fingerprint density at radius 2 is 2.26 bits per heavy atom. The summed E-state index contributed by atoms with van der Waals surface area (Å²) in [6.07, 6.45) is 7.49. The van der Waals surface area contributed by atoms with Crippen LogP contribution in [0.2, 0.25) is 5.02 Å². The average Bonchev–Trinajstić information content (AvgIpc) is 3.14. The van der Waals surface area contributed by atoms with Crippen LogP contribution in [0.5, 0.6) is 0 Å². The molecule has 0 amide bonds. The predicted molar refractivity (Wildman–Crippen MR) is 80.8 cm³/mol.